The van der Waals surface area contributed by atoms with Gasteiger partial charge in [-0.05, 0) is 50.4 Å². The summed E-state index contributed by atoms with van der Waals surface area (Å²) in [5.74, 6) is -0.141. The molecule has 2 heterocycles. The summed E-state index contributed by atoms with van der Waals surface area (Å²) in [6, 6.07) is 0. The fourth-order valence-corrected chi connectivity index (χ4v) is 5.03. The van der Waals surface area contributed by atoms with Crippen molar-refractivity contribution in [1.82, 2.24) is 0 Å². The number of ether oxygens (including phenoxy) is 3. The minimum Gasteiger partial charge on any atom is -0.368 e. The molecule has 0 radical (unpaired) electrons. The normalized spacial score (nSPS) is 32.1. The van der Waals surface area contributed by atoms with Crippen molar-refractivity contribution in [2.75, 3.05) is 0 Å². The van der Waals surface area contributed by atoms with Crippen molar-refractivity contribution in [1.29, 1.82) is 0 Å². The van der Waals surface area contributed by atoms with Crippen molar-refractivity contribution in [3.8, 4) is 0 Å². The van der Waals surface area contributed by atoms with Crippen molar-refractivity contribution in [3.05, 3.63) is 0 Å². The van der Waals surface area contributed by atoms with Crippen LogP contribution in [0.1, 0.15) is 130 Å². The molecule has 4 unspecified atom stereocenters. The molecule has 0 aromatic carbocycles. The summed E-state index contributed by atoms with van der Waals surface area (Å²) in [6.07, 6.45) is 13.9. The van der Waals surface area contributed by atoms with Crippen LogP contribution in [0.4, 0.5) is 0 Å². The highest BCUT2D eigenvalue weighted by Gasteiger charge is 2.47. The predicted molar refractivity (Wildman–Crippen MR) is 124 cm³/mol. The summed E-state index contributed by atoms with van der Waals surface area (Å²) < 4.78 is 18.9. The van der Waals surface area contributed by atoms with Crippen LogP contribution in [0.15, 0.2) is 0 Å². The van der Waals surface area contributed by atoms with Gasteiger partial charge in [0.2, 0.25) is 0 Å². The smallest absolute Gasteiger partial charge is 0.174 e. The topological polar surface area (TPSA) is 68.2 Å². The van der Waals surface area contributed by atoms with Crippen LogP contribution in [0.3, 0.4) is 0 Å². The highest BCUT2D eigenvalue weighted by Crippen LogP contribution is 2.43. The second kappa shape index (κ2) is 13.5. The Labute approximate surface area is 191 Å². The van der Waals surface area contributed by atoms with Crippen molar-refractivity contribution in [3.63, 3.8) is 0 Å². The number of hydrogen-bond acceptors (Lipinski definition) is 5. The average Bonchev–Trinajstić information content (AvgIpc) is 2.67. The SMILES string of the molecule is CC(C)CCCCCC1(OC2(CCCCCC(C)C)CCCC(O)O2)CCCC(O)O1. The summed E-state index contributed by atoms with van der Waals surface area (Å²) in [6.45, 7) is 9.06. The van der Waals surface area contributed by atoms with Crippen molar-refractivity contribution >= 4 is 0 Å². The zero-order valence-electron chi connectivity index (χ0n) is 20.7. The molecular weight excluding hydrogens is 392 g/mol. The van der Waals surface area contributed by atoms with Gasteiger partial charge in [-0.25, -0.2) is 0 Å². The fraction of sp³-hybridized carbons (Fsp3) is 1.00. The Bertz CT molecular complexity index is 440. The molecule has 0 aliphatic carbocycles. The highest BCUT2D eigenvalue weighted by atomic mass is 16.8. The van der Waals surface area contributed by atoms with E-state index >= 15 is 0 Å². The van der Waals surface area contributed by atoms with Crippen LogP contribution in [0.2, 0.25) is 0 Å². The Kier molecular flexibility index (Phi) is 11.8. The van der Waals surface area contributed by atoms with Crippen LogP contribution in [0.25, 0.3) is 0 Å². The molecular formula is C26H50O5. The second-order valence-corrected chi connectivity index (χ2v) is 10.8. The van der Waals surface area contributed by atoms with E-state index < -0.39 is 24.2 Å². The Morgan fingerprint density at radius 2 is 1.13 bits per heavy atom. The molecule has 5 heteroatoms. The van der Waals surface area contributed by atoms with Crippen LogP contribution in [0, 0.1) is 11.8 Å². The summed E-state index contributed by atoms with van der Waals surface area (Å²) >= 11 is 0. The third kappa shape index (κ3) is 10.1. The van der Waals surface area contributed by atoms with Gasteiger partial charge >= 0.3 is 0 Å². The Morgan fingerprint density at radius 3 is 1.48 bits per heavy atom. The van der Waals surface area contributed by atoms with Gasteiger partial charge in [-0.15, -0.1) is 0 Å². The van der Waals surface area contributed by atoms with Crippen LogP contribution in [-0.2, 0) is 14.2 Å². The number of aliphatic hydroxyl groups is 2. The molecule has 2 saturated heterocycles. The van der Waals surface area contributed by atoms with Crippen molar-refractivity contribution in [2.45, 2.75) is 155 Å². The molecule has 2 aliphatic rings. The first kappa shape index (κ1) is 27.0. The molecule has 0 amide bonds. The summed E-state index contributed by atoms with van der Waals surface area (Å²) in [4.78, 5) is 0. The van der Waals surface area contributed by atoms with E-state index in [0.29, 0.717) is 12.8 Å². The first-order valence-corrected chi connectivity index (χ1v) is 13.2. The van der Waals surface area contributed by atoms with Gasteiger partial charge in [0.25, 0.3) is 0 Å². The maximum Gasteiger partial charge on any atom is 0.174 e. The Balaban J connectivity index is 2.01. The van der Waals surface area contributed by atoms with E-state index in [2.05, 4.69) is 27.7 Å². The molecule has 0 aromatic rings. The third-order valence-electron chi connectivity index (χ3n) is 6.77. The lowest BCUT2D eigenvalue weighted by molar-refractivity contribution is -0.426. The molecule has 0 aromatic heterocycles. The minimum atomic E-state index is -0.801. The van der Waals surface area contributed by atoms with E-state index in [1.54, 1.807) is 0 Å². The molecule has 5 nitrogen and oxygen atoms in total. The first-order chi connectivity index (χ1) is 14.7. The zero-order valence-corrected chi connectivity index (χ0v) is 20.7. The van der Waals surface area contributed by atoms with E-state index in [4.69, 9.17) is 14.2 Å². The number of rotatable bonds is 14. The molecule has 31 heavy (non-hydrogen) atoms. The molecule has 184 valence electrons. The van der Waals surface area contributed by atoms with Gasteiger partial charge < -0.3 is 24.4 Å². The fourth-order valence-electron chi connectivity index (χ4n) is 5.03. The van der Waals surface area contributed by atoms with Crippen molar-refractivity contribution < 1.29 is 24.4 Å². The van der Waals surface area contributed by atoms with E-state index in [-0.39, 0.29) is 0 Å². The Hall–Kier alpha value is -0.200. The number of aliphatic hydroxyl groups excluding tert-OH is 2. The molecule has 0 bridgehead atoms. The molecule has 2 aliphatic heterocycles. The standard InChI is InChI=1S/C26H50O5/c1-21(2)13-7-5-9-17-25(19-11-15-23(27)29-25)31-26(20-12-16-24(28)30-26)18-10-6-8-14-22(3)4/h21-24,27-28H,5-20H2,1-4H3. The highest BCUT2D eigenvalue weighted by molar-refractivity contribution is 4.84. The molecule has 2 N–H and O–H groups in total. The van der Waals surface area contributed by atoms with Gasteiger partial charge in [-0.2, -0.15) is 0 Å². The lowest BCUT2D eigenvalue weighted by Gasteiger charge is -2.48. The Morgan fingerprint density at radius 1 is 0.710 bits per heavy atom. The van der Waals surface area contributed by atoms with Gasteiger partial charge in [0.15, 0.2) is 24.2 Å². The van der Waals surface area contributed by atoms with Crippen LogP contribution < -0.4 is 0 Å². The molecule has 2 fully saturated rings. The quantitative estimate of drug-likeness (QED) is 0.295. The second-order valence-electron chi connectivity index (χ2n) is 10.8. The van der Waals surface area contributed by atoms with E-state index in [1.807, 2.05) is 0 Å². The lowest BCUT2D eigenvalue weighted by Crippen LogP contribution is -2.53. The monoisotopic (exact) mass is 442 g/mol. The van der Waals surface area contributed by atoms with Gasteiger partial charge in [-0.1, -0.05) is 66.2 Å². The van der Waals surface area contributed by atoms with E-state index in [9.17, 15) is 10.2 Å². The average molecular weight is 443 g/mol. The van der Waals surface area contributed by atoms with Crippen LogP contribution in [0.5, 0.6) is 0 Å². The lowest BCUT2D eigenvalue weighted by atomic mass is 9.93. The molecule has 0 spiro atoms. The van der Waals surface area contributed by atoms with Gasteiger partial charge in [0.1, 0.15) is 0 Å². The maximum atomic E-state index is 10.3. The third-order valence-corrected chi connectivity index (χ3v) is 6.77. The van der Waals surface area contributed by atoms with E-state index in [1.165, 1.54) is 25.7 Å². The summed E-state index contributed by atoms with van der Waals surface area (Å²) in [7, 11) is 0. The van der Waals surface area contributed by atoms with Gasteiger partial charge in [0.05, 0.1) is 0 Å². The molecule has 0 saturated carbocycles. The van der Waals surface area contributed by atoms with Crippen LogP contribution in [-0.4, -0.2) is 34.4 Å². The minimum absolute atomic E-state index is 0.657. The predicted octanol–water partition coefficient (Wildman–Crippen LogP) is 6.65. The van der Waals surface area contributed by atoms with Gasteiger partial charge in [-0.3, -0.25) is 0 Å². The maximum absolute atomic E-state index is 10.3. The largest absolute Gasteiger partial charge is 0.368 e. The zero-order chi connectivity index (χ0) is 22.7. The van der Waals surface area contributed by atoms with Crippen LogP contribution >= 0.6 is 0 Å². The molecule has 4 atom stereocenters. The first-order valence-electron chi connectivity index (χ1n) is 13.2. The van der Waals surface area contributed by atoms with Crippen molar-refractivity contribution in [2.24, 2.45) is 11.8 Å². The number of unbranched alkanes of at least 4 members (excludes halogenated alkanes) is 4. The summed E-state index contributed by atoms with van der Waals surface area (Å²) in [5.41, 5.74) is 0. The van der Waals surface area contributed by atoms with Gasteiger partial charge in [0, 0.05) is 25.7 Å². The molecule has 2 rings (SSSR count). The van der Waals surface area contributed by atoms with E-state index in [0.717, 1.165) is 76.0 Å². The number of hydrogen-bond donors (Lipinski definition) is 2. The summed E-state index contributed by atoms with van der Waals surface area (Å²) in [5, 5.41) is 20.6.